The van der Waals surface area contributed by atoms with Gasteiger partial charge in [0.25, 0.3) is 0 Å². The highest BCUT2D eigenvalue weighted by Crippen LogP contribution is 2.16. The van der Waals surface area contributed by atoms with Gasteiger partial charge in [-0.3, -0.25) is 4.90 Å². The number of likely N-dealkylation sites (tertiary alicyclic amines) is 1. The highest BCUT2D eigenvalue weighted by molar-refractivity contribution is 5.27. The molecular weight excluding hydrogens is 244 g/mol. The molecular formula is C18H30N2. The van der Waals surface area contributed by atoms with Crippen LogP contribution < -0.4 is 5.32 Å². The summed E-state index contributed by atoms with van der Waals surface area (Å²) in [6.07, 6.45) is 6.99. The lowest BCUT2D eigenvalue weighted by molar-refractivity contribution is 0.239. The first-order valence-electron chi connectivity index (χ1n) is 8.28. The van der Waals surface area contributed by atoms with Crippen molar-refractivity contribution in [3.05, 3.63) is 35.4 Å². The van der Waals surface area contributed by atoms with Crippen LogP contribution in [0.4, 0.5) is 0 Å². The van der Waals surface area contributed by atoms with Crippen LogP contribution in [0.25, 0.3) is 0 Å². The highest BCUT2D eigenvalue weighted by Gasteiger charge is 2.11. The Kier molecular flexibility index (Phi) is 6.55. The number of hydrogen-bond acceptors (Lipinski definition) is 2. The first-order valence-corrected chi connectivity index (χ1v) is 8.28. The van der Waals surface area contributed by atoms with Gasteiger partial charge in [0, 0.05) is 19.1 Å². The van der Waals surface area contributed by atoms with E-state index < -0.39 is 0 Å². The first kappa shape index (κ1) is 15.5. The fourth-order valence-corrected chi connectivity index (χ4v) is 2.91. The molecule has 1 aromatic carbocycles. The van der Waals surface area contributed by atoms with Crippen molar-refractivity contribution in [1.29, 1.82) is 0 Å². The summed E-state index contributed by atoms with van der Waals surface area (Å²) in [7, 11) is 0. The summed E-state index contributed by atoms with van der Waals surface area (Å²) in [5.41, 5.74) is 2.96. The van der Waals surface area contributed by atoms with Crippen molar-refractivity contribution in [2.24, 2.45) is 0 Å². The van der Waals surface area contributed by atoms with E-state index in [-0.39, 0.29) is 0 Å². The first-order chi connectivity index (χ1) is 9.75. The molecule has 2 nitrogen and oxygen atoms in total. The Labute approximate surface area is 124 Å². The Morgan fingerprint density at radius 3 is 2.20 bits per heavy atom. The molecule has 1 aliphatic heterocycles. The lowest BCUT2D eigenvalue weighted by Crippen LogP contribution is -2.28. The van der Waals surface area contributed by atoms with E-state index in [1.165, 1.54) is 56.3 Å². The zero-order valence-electron chi connectivity index (χ0n) is 13.2. The van der Waals surface area contributed by atoms with E-state index in [4.69, 9.17) is 0 Å². The van der Waals surface area contributed by atoms with Gasteiger partial charge in [-0.15, -0.1) is 0 Å². The molecule has 0 radical (unpaired) electrons. The topological polar surface area (TPSA) is 15.3 Å². The lowest BCUT2D eigenvalue weighted by Gasteiger charge is -2.25. The van der Waals surface area contributed by atoms with Crippen molar-refractivity contribution in [3.8, 4) is 0 Å². The van der Waals surface area contributed by atoms with Crippen LogP contribution in [0.2, 0.25) is 0 Å². The largest absolute Gasteiger partial charge is 0.310 e. The second-order valence-electron chi connectivity index (χ2n) is 6.35. The Hall–Kier alpha value is -0.860. The summed E-state index contributed by atoms with van der Waals surface area (Å²) in [4.78, 5) is 2.65. The average molecular weight is 274 g/mol. The zero-order valence-corrected chi connectivity index (χ0v) is 13.2. The summed E-state index contributed by atoms with van der Waals surface area (Å²) in [5.74, 6) is 0. The van der Waals surface area contributed by atoms with Gasteiger partial charge in [0.1, 0.15) is 0 Å². The van der Waals surface area contributed by atoms with E-state index in [1.54, 1.807) is 0 Å². The lowest BCUT2D eigenvalue weighted by atomic mass is 10.0. The smallest absolute Gasteiger partial charge is 0.0236 e. The summed E-state index contributed by atoms with van der Waals surface area (Å²) < 4.78 is 0. The molecule has 1 fully saturated rings. The predicted molar refractivity (Wildman–Crippen MR) is 86.8 cm³/mol. The maximum Gasteiger partial charge on any atom is 0.0236 e. The molecule has 1 saturated heterocycles. The molecule has 0 unspecified atom stereocenters. The van der Waals surface area contributed by atoms with Crippen LogP contribution in [0.1, 0.15) is 57.1 Å². The van der Waals surface area contributed by atoms with E-state index in [1.807, 2.05) is 0 Å². The number of nitrogens with one attached hydrogen (secondary N) is 1. The third-order valence-corrected chi connectivity index (χ3v) is 4.16. The number of benzene rings is 1. The predicted octanol–water partition coefficient (Wildman–Crippen LogP) is 3.95. The molecule has 112 valence electrons. The molecule has 1 N–H and O–H groups in total. The summed E-state index contributed by atoms with van der Waals surface area (Å²) in [6, 6.07) is 9.46. The van der Waals surface area contributed by atoms with E-state index in [9.17, 15) is 0 Å². The molecule has 0 aromatic heterocycles. The molecule has 0 amide bonds. The molecule has 20 heavy (non-hydrogen) atoms. The maximum atomic E-state index is 3.54. The van der Waals surface area contributed by atoms with Crippen molar-refractivity contribution < 1.29 is 0 Å². The van der Waals surface area contributed by atoms with Gasteiger partial charge in [-0.25, -0.2) is 0 Å². The zero-order chi connectivity index (χ0) is 14.2. The van der Waals surface area contributed by atoms with Crippen LogP contribution in [-0.2, 0) is 13.1 Å². The van der Waals surface area contributed by atoms with Gasteiger partial charge in [0.2, 0.25) is 0 Å². The van der Waals surface area contributed by atoms with E-state index in [2.05, 4.69) is 48.3 Å². The van der Waals surface area contributed by atoms with Crippen LogP contribution >= 0.6 is 0 Å². The molecule has 0 atom stereocenters. The molecule has 0 bridgehead atoms. The Bertz CT molecular complexity index is 379. The van der Waals surface area contributed by atoms with Crippen LogP contribution in [0, 0.1) is 0 Å². The monoisotopic (exact) mass is 274 g/mol. The standard InChI is InChI=1S/C18H30N2/c1-16(2)19-14-17-10-6-7-11-18(17)15-20-12-8-4-3-5-9-13-20/h6-7,10-11,16,19H,3-5,8-9,12-15H2,1-2H3. The number of hydrogen-bond donors (Lipinski definition) is 1. The molecule has 0 aliphatic carbocycles. The second kappa shape index (κ2) is 8.43. The molecule has 1 aliphatic rings. The van der Waals surface area contributed by atoms with Crippen LogP contribution in [0.3, 0.4) is 0 Å². The Morgan fingerprint density at radius 1 is 0.950 bits per heavy atom. The van der Waals surface area contributed by atoms with Crippen molar-refractivity contribution in [2.75, 3.05) is 13.1 Å². The third-order valence-electron chi connectivity index (χ3n) is 4.16. The number of rotatable bonds is 5. The van der Waals surface area contributed by atoms with Crippen molar-refractivity contribution in [2.45, 2.75) is 65.1 Å². The minimum atomic E-state index is 0.546. The van der Waals surface area contributed by atoms with Gasteiger partial charge in [-0.05, 0) is 37.1 Å². The van der Waals surface area contributed by atoms with Crippen LogP contribution in [0.5, 0.6) is 0 Å². The van der Waals surface area contributed by atoms with Gasteiger partial charge >= 0.3 is 0 Å². The molecule has 0 saturated carbocycles. The van der Waals surface area contributed by atoms with Crippen molar-refractivity contribution in [3.63, 3.8) is 0 Å². The molecule has 2 heteroatoms. The maximum absolute atomic E-state index is 3.54. The molecule has 0 spiro atoms. The summed E-state index contributed by atoms with van der Waals surface area (Å²) in [5, 5.41) is 3.54. The molecule has 1 heterocycles. The quantitative estimate of drug-likeness (QED) is 0.874. The fraction of sp³-hybridized carbons (Fsp3) is 0.667. The second-order valence-corrected chi connectivity index (χ2v) is 6.35. The van der Waals surface area contributed by atoms with Crippen LogP contribution in [-0.4, -0.2) is 24.0 Å². The molecule has 1 aromatic rings. The van der Waals surface area contributed by atoms with E-state index >= 15 is 0 Å². The van der Waals surface area contributed by atoms with Crippen molar-refractivity contribution >= 4 is 0 Å². The minimum absolute atomic E-state index is 0.546. The van der Waals surface area contributed by atoms with E-state index in [0.29, 0.717) is 6.04 Å². The van der Waals surface area contributed by atoms with Gasteiger partial charge in [0.05, 0.1) is 0 Å². The van der Waals surface area contributed by atoms with E-state index in [0.717, 1.165) is 13.1 Å². The summed E-state index contributed by atoms with van der Waals surface area (Å²) >= 11 is 0. The average Bonchev–Trinajstić information content (AvgIpc) is 2.40. The fourth-order valence-electron chi connectivity index (χ4n) is 2.91. The highest BCUT2D eigenvalue weighted by atomic mass is 15.1. The number of nitrogens with zero attached hydrogens (tertiary/aromatic N) is 1. The van der Waals surface area contributed by atoms with Crippen LogP contribution in [0.15, 0.2) is 24.3 Å². The van der Waals surface area contributed by atoms with Crippen molar-refractivity contribution in [1.82, 2.24) is 10.2 Å². The van der Waals surface area contributed by atoms with Gasteiger partial charge in [0.15, 0.2) is 0 Å². The minimum Gasteiger partial charge on any atom is -0.310 e. The molecule has 2 rings (SSSR count). The normalized spacial score (nSPS) is 17.9. The van der Waals surface area contributed by atoms with Gasteiger partial charge in [-0.2, -0.15) is 0 Å². The Morgan fingerprint density at radius 2 is 1.55 bits per heavy atom. The Balaban J connectivity index is 1.96. The third kappa shape index (κ3) is 5.26. The van der Waals surface area contributed by atoms with Gasteiger partial charge < -0.3 is 5.32 Å². The SMILES string of the molecule is CC(C)NCc1ccccc1CN1CCCCCCC1. The van der Waals surface area contributed by atoms with Gasteiger partial charge in [-0.1, -0.05) is 57.4 Å². The summed E-state index contributed by atoms with van der Waals surface area (Å²) in [6.45, 7) is 9.07.